The summed E-state index contributed by atoms with van der Waals surface area (Å²) in [4.78, 5) is 29.4. The molecule has 8 heteroatoms. The molecule has 4 rings (SSSR count). The number of carbonyl (C=O) groups is 2. The van der Waals surface area contributed by atoms with Gasteiger partial charge in [0.15, 0.2) is 11.3 Å². The Bertz CT molecular complexity index is 1120. The highest BCUT2D eigenvalue weighted by molar-refractivity contribution is 6.35. The molecule has 1 N–H and O–H groups in total. The molecule has 2 amide bonds. The lowest BCUT2D eigenvalue weighted by molar-refractivity contribution is -0.116. The molecular weight excluding hydrogens is 430 g/mol. The number of likely N-dealkylation sites (N-methyl/N-ethyl adjacent to an activating group) is 1. The number of anilines is 2. The van der Waals surface area contributed by atoms with E-state index in [4.69, 9.17) is 20.8 Å². The minimum absolute atomic E-state index is 0.0786. The van der Waals surface area contributed by atoms with Crippen molar-refractivity contribution in [3.8, 4) is 0 Å². The Labute approximate surface area is 191 Å². The summed E-state index contributed by atoms with van der Waals surface area (Å²) in [6, 6.07) is 13.1. The molecule has 2 aromatic carbocycles. The fourth-order valence-corrected chi connectivity index (χ4v) is 4.05. The van der Waals surface area contributed by atoms with Crippen molar-refractivity contribution in [3.05, 3.63) is 58.8 Å². The molecule has 0 atom stereocenters. The molecule has 1 fully saturated rings. The van der Waals surface area contributed by atoms with Crippen LogP contribution in [0.3, 0.4) is 0 Å². The molecule has 0 bridgehead atoms. The van der Waals surface area contributed by atoms with E-state index in [-0.39, 0.29) is 24.1 Å². The van der Waals surface area contributed by atoms with Crippen molar-refractivity contribution in [2.24, 2.45) is 0 Å². The molecule has 1 aliphatic rings. The zero-order valence-electron chi connectivity index (χ0n) is 18.2. The number of fused-ring (bicyclic) bond motifs is 1. The smallest absolute Gasteiger partial charge is 0.290 e. The highest BCUT2D eigenvalue weighted by Crippen LogP contribution is 2.31. The molecule has 7 nitrogen and oxygen atoms in total. The second kappa shape index (κ2) is 9.63. The van der Waals surface area contributed by atoms with Crippen molar-refractivity contribution in [3.63, 3.8) is 0 Å². The fourth-order valence-electron chi connectivity index (χ4n) is 3.83. The summed E-state index contributed by atoms with van der Waals surface area (Å²) >= 11 is 6.20. The van der Waals surface area contributed by atoms with E-state index in [1.807, 2.05) is 50.2 Å². The van der Waals surface area contributed by atoms with Crippen LogP contribution in [0.2, 0.25) is 5.02 Å². The topological polar surface area (TPSA) is 75.0 Å². The largest absolute Gasteiger partial charge is 0.449 e. The van der Waals surface area contributed by atoms with Crippen LogP contribution < -0.4 is 10.2 Å². The predicted molar refractivity (Wildman–Crippen MR) is 126 cm³/mol. The lowest BCUT2D eigenvalue weighted by atomic mass is 10.1. The van der Waals surface area contributed by atoms with Crippen molar-refractivity contribution in [2.75, 3.05) is 49.6 Å². The molecule has 3 aromatic rings. The standard InChI is InChI=1S/C24H26ClN3O4/c1-3-27(24(30)22-16(2)19-5-4-6-20(25)23(19)32-22)15-21(29)26-17-7-9-18(10-8-17)28-11-13-31-14-12-28/h4-10H,3,11-15H2,1-2H3,(H,26,29). The number of furan rings is 1. The number of morpholine rings is 1. The third-order valence-corrected chi connectivity index (χ3v) is 5.94. The second-order valence-corrected chi connectivity index (χ2v) is 8.09. The Morgan fingerprint density at radius 1 is 1.12 bits per heavy atom. The van der Waals surface area contributed by atoms with Gasteiger partial charge < -0.3 is 24.3 Å². The number of aryl methyl sites for hydroxylation is 1. The Morgan fingerprint density at radius 3 is 2.50 bits per heavy atom. The van der Waals surface area contributed by atoms with E-state index < -0.39 is 0 Å². The molecule has 0 aliphatic carbocycles. The summed E-state index contributed by atoms with van der Waals surface area (Å²) in [5.41, 5.74) is 2.97. The van der Waals surface area contributed by atoms with Crippen LogP contribution in [0, 0.1) is 6.92 Å². The van der Waals surface area contributed by atoms with Crippen LogP contribution in [0.4, 0.5) is 11.4 Å². The predicted octanol–water partition coefficient (Wildman–Crippen LogP) is 4.33. The van der Waals surface area contributed by atoms with Crippen molar-refractivity contribution >= 4 is 45.8 Å². The van der Waals surface area contributed by atoms with Gasteiger partial charge in [0, 0.05) is 42.0 Å². The van der Waals surface area contributed by atoms with Crippen molar-refractivity contribution < 1.29 is 18.7 Å². The molecule has 168 valence electrons. The molecule has 1 aromatic heterocycles. The third-order valence-electron chi connectivity index (χ3n) is 5.64. The third kappa shape index (κ3) is 4.59. The van der Waals surface area contributed by atoms with E-state index in [1.165, 1.54) is 4.90 Å². The summed E-state index contributed by atoms with van der Waals surface area (Å²) in [7, 11) is 0. The van der Waals surface area contributed by atoms with Gasteiger partial charge in [0.25, 0.3) is 5.91 Å². The maximum Gasteiger partial charge on any atom is 0.290 e. The second-order valence-electron chi connectivity index (χ2n) is 7.69. The van der Waals surface area contributed by atoms with E-state index in [2.05, 4.69) is 10.2 Å². The van der Waals surface area contributed by atoms with E-state index >= 15 is 0 Å². The van der Waals surface area contributed by atoms with E-state index in [0.717, 1.165) is 37.4 Å². The summed E-state index contributed by atoms with van der Waals surface area (Å²) in [6.07, 6.45) is 0. The molecule has 0 radical (unpaired) electrons. The molecule has 0 saturated carbocycles. The summed E-state index contributed by atoms with van der Waals surface area (Å²) in [5, 5.41) is 4.11. The van der Waals surface area contributed by atoms with E-state index in [1.54, 1.807) is 6.07 Å². The summed E-state index contributed by atoms with van der Waals surface area (Å²) in [5.74, 6) is -0.404. The van der Waals surface area contributed by atoms with Gasteiger partial charge >= 0.3 is 0 Å². The van der Waals surface area contributed by atoms with Crippen LogP contribution in [0.1, 0.15) is 23.0 Å². The number of nitrogens with zero attached hydrogens (tertiary/aromatic N) is 2. The van der Waals surface area contributed by atoms with Gasteiger partial charge in [0.05, 0.1) is 18.2 Å². The Hall–Kier alpha value is -3.03. The number of amides is 2. The minimum atomic E-state index is -0.338. The van der Waals surface area contributed by atoms with Crippen LogP contribution >= 0.6 is 11.6 Å². The lowest BCUT2D eigenvalue weighted by Gasteiger charge is -2.29. The molecule has 2 heterocycles. The Kier molecular flexibility index (Phi) is 6.67. The highest BCUT2D eigenvalue weighted by atomic mass is 35.5. The average molecular weight is 456 g/mol. The summed E-state index contributed by atoms with van der Waals surface area (Å²) in [6.45, 7) is 7.08. The van der Waals surface area contributed by atoms with Crippen LogP contribution in [0.15, 0.2) is 46.9 Å². The molecule has 0 spiro atoms. The lowest BCUT2D eigenvalue weighted by Crippen LogP contribution is -2.38. The van der Waals surface area contributed by atoms with E-state index in [9.17, 15) is 9.59 Å². The Balaban J connectivity index is 1.42. The number of nitrogens with one attached hydrogen (secondary N) is 1. The van der Waals surface area contributed by atoms with Crippen LogP contribution in [-0.2, 0) is 9.53 Å². The maximum absolute atomic E-state index is 13.1. The number of benzene rings is 2. The molecule has 1 saturated heterocycles. The Morgan fingerprint density at radius 2 is 1.84 bits per heavy atom. The molecule has 1 aliphatic heterocycles. The van der Waals surface area contributed by atoms with Gasteiger partial charge in [-0.15, -0.1) is 0 Å². The van der Waals surface area contributed by atoms with Crippen molar-refractivity contribution in [1.82, 2.24) is 4.90 Å². The van der Waals surface area contributed by atoms with Crippen LogP contribution in [0.25, 0.3) is 11.0 Å². The van der Waals surface area contributed by atoms with Gasteiger partial charge in [-0.3, -0.25) is 9.59 Å². The maximum atomic E-state index is 13.1. The quantitative estimate of drug-likeness (QED) is 0.598. The van der Waals surface area contributed by atoms with Gasteiger partial charge in [-0.2, -0.15) is 0 Å². The van der Waals surface area contributed by atoms with Gasteiger partial charge in [-0.1, -0.05) is 23.7 Å². The average Bonchev–Trinajstić information content (AvgIpc) is 3.16. The fraction of sp³-hybridized carbons (Fsp3) is 0.333. The number of ether oxygens (including phenoxy) is 1. The first kappa shape index (κ1) is 22.2. The first-order valence-corrected chi connectivity index (χ1v) is 11.0. The van der Waals surface area contributed by atoms with Gasteiger partial charge in [0.1, 0.15) is 6.54 Å². The molecular formula is C24H26ClN3O4. The van der Waals surface area contributed by atoms with Crippen molar-refractivity contribution in [1.29, 1.82) is 0 Å². The van der Waals surface area contributed by atoms with Crippen LogP contribution in [-0.4, -0.2) is 56.1 Å². The number of carbonyl (C=O) groups excluding carboxylic acids is 2. The number of hydrogen-bond acceptors (Lipinski definition) is 5. The molecule has 32 heavy (non-hydrogen) atoms. The van der Waals surface area contributed by atoms with E-state index in [0.29, 0.717) is 28.4 Å². The zero-order chi connectivity index (χ0) is 22.7. The first-order valence-electron chi connectivity index (χ1n) is 10.7. The first-order chi connectivity index (χ1) is 15.5. The monoisotopic (exact) mass is 455 g/mol. The zero-order valence-corrected chi connectivity index (χ0v) is 18.9. The van der Waals surface area contributed by atoms with Gasteiger partial charge in [0.2, 0.25) is 5.91 Å². The minimum Gasteiger partial charge on any atom is -0.449 e. The number of hydrogen-bond donors (Lipinski definition) is 1. The number of halogens is 1. The SMILES string of the molecule is CCN(CC(=O)Nc1ccc(N2CCOCC2)cc1)C(=O)c1oc2c(Cl)cccc2c1C. The van der Waals surface area contributed by atoms with Crippen LogP contribution in [0.5, 0.6) is 0 Å². The number of para-hydroxylation sites is 1. The van der Waals surface area contributed by atoms with Crippen molar-refractivity contribution in [2.45, 2.75) is 13.8 Å². The number of rotatable bonds is 6. The normalized spacial score (nSPS) is 13.9. The highest BCUT2D eigenvalue weighted by Gasteiger charge is 2.25. The van der Waals surface area contributed by atoms with Gasteiger partial charge in [-0.25, -0.2) is 0 Å². The van der Waals surface area contributed by atoms with Gasteiger partial charge in [-0.05, 0) is 44.2 Å². The molecule has 0 unspecified atom stereocenters. The summed E-state index contributed by atoms with van der Waals surface area (Å²) < 4.78 is 11.2.